The van der Waals surface area contributed by atoms with Crippen molar-refractivity contribution in [2.24, 2.45) is 5.92 Å². The summed E-state index contributed by atoms with van der Waals surface area (Å²) in [7, 11) is 0. The highest BCUT2D eigenvalue weighted by Gasteiger charge is 2.20. The number of halogens is 1. The summed E-state index contributed by atoms with van der Waals surface area (Å²) in [6, 6.07) is 0. The van der Waals surface area contributed by atoms with Gasteiger partial charge < -0.3 is 4.98 Å². The Hall–Kier alpha value is -0.220. The fourth-order valence-corrected chi connectivity index (χ4v) is 2.50. The highest BCUT2D eigenvalue weighted by Crippen LogP contribution is 2.28. The molecule has 0 aliphatic rings. The number of H-pyrrole nitrogens is 1. The van der Waals surface area contributed by atoms with Crippen molar-refractivity contribution in [2.45, 2.75) is 46.5 Å². The summed E-state index contributed by atoms with van der Waals surface area (Å²) in [5, 5.41) is 0. The van der Waals surface area contributed by atoms with Crippen molar-refractivity contribution in [2.75, 3.05) is 0 Å². The van der Waals surface area contributed by atoms with Gasteiger partial charge in [0.2, 0.25) is 0 Å². The van der Waals surface area contributed by atoms with Gasteiger partial charge in [-0.25, -0.2) is 4.98 Å². The Morgan fingerprint density at radius 2 is 1.94 bits per heavy atom. The number of aromatic amines is 1. The van der Waals surface area contributed by atoms with Crippen molar-refractivity contribution in [1.82, 2.24) is 9.97 Å². The van der Waals surface area contributed by atoms with E-state index >= 15 is 0 Å². The van der Waals surface area contributed by atoms with Crippen LogP contribution < -0.4 is 0 Å². The Morgan fingerprint density at radius 3 is 2.38 bits per heavy atom. The van der Waals surface area contributed by atoms with E-state index < -0.39 is 0 Å². The number of aromatic nitrogens is 2. The maximum Gasteiger partial charge on any atom is 0.144 e. The second kappa shape index (κ2) is 4.96. The standard InChI is InChI=1S/C12H19BrN2S/c1-7(2)6-8-14-10(12(3,4)5)9(13)11(16)15-8/h7H,6H2,1-5H3,(H,14,15,16). The Morgan fingerprint density at radius 1 is 1.38 bits per heavy atom. The van der Waals surface area contributed by atoms with E-state index in [1.807, 2.05) is 0 Å². The molecule has 4 heteroatoms. The fourth-order valence-electron chi connectivity index (χ4n) is 1.51. The number of hydrogen-bond acceptors (Lipinski definition) is 2. The van der Waals surface area contributed by atoms with Crippen molar-refractivity contribution in [1.29, 1.82) is 0 Å². The molecule has 2 nitrogen and oxygen atoms in total. The van der Waals surface area contributed by atoms with Crippen LogP contribution in [0, 0.1) is 10.6 Å². The highest BCUT2D eigenvalue weighted by atomic mass is 79.9. The molecule has 0 atom stereocenters. The van der Waals surface area contributed by atoms with Gasteiger partial charge in [-0.15, -0.1) is 0 Å². The van der Waals surface area contributed by atoms with Crippen molar-refractivity contribution in [3.05, 3.63) is 20.6 Å². The van der Waals surface area contributed by atoms with E-state index in [2.05, 4.69) is 60.5 Å². The zero-order valence-corrected chi connectivity index (χ0v) is 12.9. The van der Waals surface area contributed by atoms with Gasteiger partial charge in [-0.3, -0.25) is 0 Å². The van der Waals surface area contributed by atoms with Crippen LogP contribution in [0.3, 0.4) is 0 Å². The number of nitrogens with zero attached hydrogens (tertiary/aromatic N) is 1. The summed E-state index contributed by atoms with van der Waals surface area (Å²) in [6.07, 6.45) is 0.931. The van der Waals surface area contributed by atoms with Gasteiger partial charge in [-0.2, -0.15) is 0 Å². The van der Waals surface area contributed by atoms with Crippen LogP contribution >= 0.6 is 28.1 Å². The molecule has 0 saturated carbocycles. The quantitative estimate of drug-likeness (QED) is 0.820. The normalized spacial score (nSPS) is 12.2. The number of nitrogens with one attached hydrogen (secondary N) is 1. The summed E-state index contributed by atoms with van der Waals surface area (Å²) in [6.45, 7) is 10.8. The van der Waals surface area contributed by atoms with E-state index in [0.29, 0.717) is 10.6 Å². The second-order valence-electron chi connectivity index (χ2n) is 5.53. The summed E-state index contributed by atoms with van der Waals surface area (Å²) in [5.41, 5.74) is 1.17. The first-order valence-corrected chi connectivity index (χ1v) is 6.71. The zero-order chi connectivity index (χ0) is 12.5. The van der Waals surface area contributed by atoms with Gasteiger partial charge in [0.25, 0.3) is 0 Å². The Kier molecular flexibility index (Phi) is 4.29. The van der Waals surface area contributed by atoms with Gasteiger partial charge in [-0.1, -0.05) is 46.8 Å². The van der Waals surface area contributed by atoms with E-state index in [-0.39, 0.29) is 5.41 Å². The second-order valence-corrected chi connectivity index (χ2v) is 6.71. The zero-order valence-electron chi connectivity index (χ0n) is 10.5. The molecule has 0 amide bonds. The molecule has 0 aliphatic carbocycles. The first kappa shape index (κ1) is 13.8. The topological polar surface area (TPSA) is 28.7 Å². The van der Waals surface area contributed by atoms with E-state index in [1.54, 1.807) is 0 Å². The van der Waals surface area contributed by atoms with Crippen LogP contribution in [0.2, 0.25) is 0 Å². The Labute approximate surface area is 111 Å². The SMILES string of the molecule is CC(C)Cc1nc(=S)c(Br)c(C(C)(C)C)[nH]1. The fraction of sp³-hybridized carbons (Fsp3) is 0.667. The molecule has 0 aromatic carbocycles. The molecule has 1 rings (SSSR count). The van der Waals surface area contributed by atoms with E-state index in [9.17, 15) is 0 Å². The average molecular weight is 303 g/mol. The molecule has 0 saturated heterocycles. The minimum atomic E-state index is 0.0427. The minimum Gasteiger partial charge on any atom is -0.346 e. The van der Waals surface area contributed by atoms with Crippen molar-refractivity contribution in [3.8, 4) is 0 Å². The third kappa shape index (κ3) is 3.39. The molecule has 16 heavy (non-hydrogen) atoms. The van der Waals surface area contributed by atoms with E-state index in [1.165, 1.54) is 0 Å². The van der Waals surface area contributed by atoms with Crippen molar-refractivity contribution in [3.63, 3.8) is 0 Å². The van der Waals surface area contributed by atoms with E-state index in [0.717, 1.165) is 22.4 Å². The first-order valence-electron chi connectivity index (χ1n) is 5.51. The Balaban J connectivity index is 3.28. The molecule has 1 heterocycles. The first-order chi connectivity index (χ1) is 7.21. The van der Waals surface area contributed by atoms with Crippen LogP contribution in [0.15, 0.2) is 4.47 Å². The lowest BCUT2D eigenvalue weighted by molar-refractivity contribution is 0.546. The molecule has 1 aromatic rings. The van der Waals surface area contributed by atoms with Crippen LogP contribution in [0.1, 0.15) is 46.1 Å². The molecule has 1 N–H and O–H groups in total. The number of hydrogen-bond donors (Lipinski definition) is 1. The lowest BCUT2D eigenvalue weighted by Crippen LogP contribution is -2.17. The maximum atomic E-state index is 5.27. The smallest absolute Gasteiger partial charge is 0.144 e. The molecule has 1 aromatic heterocycles. The van der Waals surface area contributed by atoms with Gasteiger partial charge in [0.15, 0.2) is 0 Å². The van der Waals surface area contributed by atoms with Crippen LogP contribution in [0.25, 0.3) is 0 Å². The largest absolute Gasteiger partial charge is 0.346 e. The van der Waals surface area contributed by atoms with Crippen LogP contribution in [0.5, 0.6) is 0 Å². The summed E-state index contributed by atoms with van der Waals surface area (Å²) in [5.74, 6) is 1.56. The van der Waals surface area contributed by atoms with Gasteiger partial charge in [-0.05, 0) is 21.8 Å². The minimum absolute atomic E-state index is 0.0427. The summed E-state index contributed by atoms with van der Waals surface area (Å²) in [4.78, 5) is 7.80. The molecule has 90 valence electrons. The highest BCUT2D eigenvalue weighted by molar-refractivity contribution is 9.10. The third-order valence-electron chi connectivity index (χ3n) is 2.26. The van der Waals surface area contributed by atoms with Gasteiger partial charge in [0.1, 0.15) is 10.5 Å². The average Bonchev–Trinajstić information content (AvgIpc) is 2.08. The van der Waals surface area contributed by atoms with Gasteiger partial charge in [0.05, 0.1) is 4.47 Å². The Bertz CT molecular complexity index is 430. The maximum absolute atomic E-state index is 5.27. The van der Waals surface area contributed by atoms with Crippen LogP contribution in [-0.4, -0.2) is 9.97 Å². The molecule has 0 spiro atoms. The molecule has 0 unspecified atom stereocenters. The molecular formula is C12H19BrN2S. The van der Waals surface area contributed by atoms with E-state index in [4.69, 9.17) is 12.2 Å². The van der Waals surface area contributed by atoms with Gasteiger partial charge in [0, 0.05) is 17.5 Å². The van der Waals surface area contributed by atoms with Crippen molar-refractivity contribution < 1.29 is 0 Å². The lowest BCUT2D eigenvalue weighted by atomic mass is 9.92. The van der Waals surface area contributed by atoms with Crippen LogP contribution in [-0.2, 0) is 11.8 Å². The summed E-state index contributed by atoms with van der Waals surface area (Å²) >= 11 is 8.79. The monoisotopic (exact) mass is 302 g/mol. The molecule has 0 aliphatic heterocycles. The molecular weight excluding hydrogens is 284 g/mol. The molecule has 0 fully saturated rings. The van der Waals surface area contributed by atoms with Crippen molar-refractivity contribution >= 4 is 28.1 Å². The third-order valence-corrected chi connectivity index (χ3v) is 3.59. The molecule has 0 bridgehead atoms. The predicted molar refractivity (Wildman–Crippen MR) is 74.4 cm³/mol. The molecule has 0 radical (unpaired) electrons. The predicted octanol–water partition coefficient (Wildman–Crippen LogP) is 4.40. The summed E-state index contributed by atoms with van der Waals surface area (Å²) < 4.78 is 1.57. The van der Waals surface area contributed by atoms with Gasteiger partial charge >= 0.3 is 0 Å². The number of rotatable bonds is 2. The lowest BCUT2D eigenvalue weighted by Gasteiger charge is -2.21. The van der Waals surface area contributed by atoms with Crippen LogP contribution in [0.4, 0.5) is 0 Å².